The number of rotatable bonds is 3. The maximum atomic E-state index is 9.52. The van der Waals surface area contributed by atoms with Crippen molar-refractivity contribution in [3.63, 3.8) is 0 Å². The standard InChI is InChI=1S/C3H4N2O3Si/c1-8-9(4-2-6)5-3-7/h9H,1H3. The molecule has 0 aliphatic carbocycles. The van der Waals surface area contributed by atoms with E-state index in [9.17, 15) is 9.59 Å². The minimum absolute atomic E-state index is 1.24. The lowest BCUT2D eigenvalue weighted by Gasteiger charge is -1.91. The monoisotopic (exact) mass is 144 g/mol. The molecule has 0 aromatic heterocycles. The summed E-state index contributed by atoms with van der Waals surface area (Å²) >= 11 is 0. The van der Waals surface area contributed by atoms with Crippen LogP contribution in [0.25, 0.3) is 0 Å². The Morgan fingerprint density at radius 2 is 1.78 bits per heavy atom. The zero-order chi connectivity index (χ0) is 7.11. The van der Waals surface area contributed by atoms with E-state index in [4.69, 9.17) is 0 Å². The molecule has 0 aromatic rings. The van der Waals surface area contributed by atoms with Gasteiger partial charge in [-0.15, -0.1) is 0 Å². The maximum absolute atomic E-state index is 9.52. The second-order valence-corrected chi connectivity index (χ2v) is 2.64. The lowest BCUT2D eigenvalue weighted by Crippen LogP contribution is -2.08. The molecule has 0 amide bonds. The van der Waals surface area contributed by atoms with Crippen LogP contribution < -0.4 is 0 Å². The predicted molar refractivity (Wildman–Crippen MR) is 30.4 cm³/mol. The molecule has 0 aliphatic rings. The molecular formula is C3H4N2O3Si. The second kappa shape index (κ2) is 5.08. The average molecular weight is 144 g/mol. The molecule has 48 valence electrons. The van der Waals surface area contributed by atoms with Gasteiger partial charge in [0.25, 0.3) is 0 Å². The molecule has 0 bridgehead atoms. The highest BCUT2D eigenvalue weighted by Gasteiger charge is 2.03. The third-order valence-electron chi connectivity index (χ3n) is 0.537. The summed E-state index contributed by atoms with van der Waals surface area (Å²) in [7, 11) is -0.992. The Kier molecular flexibility index (Phi) is 4.48. The summed E-state index contributed by atoms with van der Waals surface area (Å²) in [5.74, 6) is 0. The topological polar surface area (TPSA) is 68.1 Å². The molecule has 0 rings (SSSR count). The van der Waals surface area contributed by atoms with Crippen LogP contribution in [0.2, 0.25) is 0 Å². The van der Waals surface area contributed by atoms with Crippen LogP contribution in [0.4, 0.5) is 0 Å². The van der Waals surface area contributed by atoms with Gasteiger partial charge in [-0.3, -0.25) is 0 Å². The molecule has 0 aliphatic heterocycles. The van der Waals surface area contributed by atoms with Crippen LogP contribution in [0.5, 0.6) is 0 Å². The molecule has 0 fully saturated rings. The molecule has 0 spiro atoms. The van der Waals surface area contributed by atoms with Gasteiger partial charge in [0.2, 0.25) is 12.2 Å². The molecule has 0 unspecified atom stereocenters. The Morgan fingerprint density at radius 3 is 2.00 bits per heavy atom. The average Bonchev–Trinajstić information content (AvgIpc) is 1.88. The lowest BCUT2D eigenvalue weighted by atomic mass is 11.7. The van der Waals surface area contributed by atoms with E-state index in [-0.39, 0.29) is 0 Å². The lowest BCUT2D eigenvalue weighted by molar-refractivity contribution is 0.421. The van der Waals surface area contributed by atoms with E-state index in [1.54, 1.807) is 0 Å². The first-order valence-corrected chi connectivity index (χ1v) is 3.52. The zero-order valence-corrected chi connectivity index (χ0v) is 5.85. The molecule has 0 saturated heterocycles. The first kappa shape index (κ1) is 7.94. The van der Waals surface area contributed by atoms with Crippen molar-refractivity contribution < 1.29 is 14.0 Å². The predicted octanol–water partition coefficient (Wildman–Crippen LogP) is -0.978. The van der Waals surface area contributed by atoms with Gasteiger partial charge < -0.3 is 4.43 Å². The summed E-state index contributed by atoms with van der Waals surface area (Å²) in [4.78, 5) is 19.0. The van der Waals surface area contributed by atoms with E-state index in [1.165, 1.54) is 19.3 Å². The smallest absolute Gasteiger partial charge is 0.386 e. The van der Waals surface area contributed by atoms with Crippen LogP contribution >= 0.6 is 0 Å². The number of nitrogens with zero attached hydrogens (tertiary/aromatic N) is 2. The number of carbonyl (C=O) groups excluding carboxylic acids is 2. The molecule has 0 aromatic carbocycles. The van der Waals surface area contributed by atoms with Crippen LogP contribution in [0.15, 0.2) is 9.32 Å². The Bertz CT molecular complexity index is 152. The van der Waals surface area contributed by atoms with E-state index in [2.05, 4.69) is 13.7 Å². The van der Waals surface area contributed by atoms with Crippen LogP contribution in [-0.4, -0.2) is 28.6 Å². The molecule has 5 nitrogen and oxygen atoms in total. The second-order valence-electron chi connectivity index (χ2n) is 1.00. The molecular weight excluding hydrogens is 140 g/mol. The molecule has 0 heterocycles. The van der Waals surface area contributed by atoms with Gasteiger partial charge in [0.05, 0.1) is 0 Å². The fourth-order valence-electron chi connectivity index (χ4n) is 0.224. The highest BCUT2D eigenvalue weighted by atomic mass is 28.3. The SMILES string of the molecule is CO[SiH](N=C=O)N=C=O. The summed E-state index contributed by atoms with van der Waals surface area (Å²) in [6.07, 6.45) is 2.49. The number of hydrogen-bond acceptors (Lipinski definition) is 5. The zero-order valence-electron chi connectivity index (χ0n) is 4.70. The van der Waals surface area contributed by atoms with Crippen molar-refractivity contribution in [3.8, 4) is 0 Å². The Labute approximate surface area is 53.0 Å². The third-order valence-corrected chi connectivity index (χ3v) is 1.61. The Morgan fingerprint density at radius 1 is 1.33 bits per heavy atom. The van der Waals surface area contributed by atoms with Crippen molar-refractivity contribution in [2.75, 3.05) is 7.11 Å². The van der Waals surface area contributed by atoms with Crippen LogP contribution in [0.1, 0.15) is 0 Å². The van der Waals surface area contributed by atoms with Crippen molar-refractivity contribution >= 4 is 21.5 Å². The molecule has 0 radical (unpaired) electrons. The van der Waals surface area contributed by atoms with E-state index >= 15 is 0 Å². The van der Waals surface area contributed by atoms with Gasteiger partial charge in [-0.1, -0.05) is 0 Å². The first-order chi connectivity index (χ1) is 4.35. The third kappa shape index (κ3) is 3.51. The van der Waals surface area contributed by atoms with Crippen molar-refractivity contribution in [1.82, 2.24) is 0 Å². The van der Waals surface area contributed by atoms with Gasteiger partial charge in [-0.05, 0) is 0 Å². The van der Waals surface area contributed by atoms with Gasteiger partial charge in [0.1, 0.15) is 0 Å². The minimum atomic E-state index is -2.31. The van der Waals surface area contributed by atoms with Gasteiger partial charge in [-0.2, -0.15) is 9.32 Å². The Balaban J connectivity index is 3.97. The quantitative estimate of drug-likeness (QED) is 0.290. The number of isocyanates is 2. The normalized spacial score (nSPS) is 10.8. The highest BCUT2D eigenvalue weighted by molar-refractivity contribution is 6.49. The summed E-state index contributed by atoms with van der Waals surface area (Å²) in [5, 5.41) is 0. The molecule has 0 atom stereocenters. The fraction of sp³-hybridized carbons (Fsp3) is 0.333. The maximum Gasteiger partial charge on any atom is 0.461 e. The van der Waals surface area contributed by atoms with Gasteiger partial charge in [0, 0.05) is 7.11 Å². The van der Waals surface area contributed by atoms with Gasteiger partial charge in [0.15, 0.2) is 0 Å². The minimum Gasteiger partial charge on any atom is -0.386 e. The largest absolute Gasteiger partial charge is 0.461 e. The fourth-order valence-corrected chi connectivity index (χ4v) is 0.673. The molecule has 9 heavy (non-hydrogen) atoms. The van der Waals surface area contributed by atoms with Gasteiger partial charge in [-0.25, -0.2) is 9.59 Å². The number of hydrogen-bond donors (Lipinski definition) is 0. The Hall–Kier alpha value is -1.06. The van der Waals surface area contributed by atoms with Crippen molar-refractivity contribution in [2.24, 2.45) is 9.32 Å². The van der Waals surface area contributed by atoms with Crippen LogP contribution in [-0.2, 0) is 14.0 Å². The van der Waals surface area contributed by atoms with Crippen molar-refractivity contribution in [2.45, 2.75) is 0 Å². The highest BCUT2D eigenvalue weighted by Crippen LogP contribution is 1.82. The molecule has 0 N–H and O–H groups in total. The van der Waals surface area contributed by atoms with E-state index in [1.807, 2.05) is 0 Å². The molecule has 0 saturated carbocycles. The van der Waals surface area contributed by atoms with Crippen LogP contribution in [0, 0.1) is 0 Å². The summed E-state index contributed by atoms with van der Waals surface area (Å²) in [6, 6.07) is 0. The van der Waals surface area contributed by atoms with E-state index < -0.39 is 9.36 Å². The van der Waals surface area contributed by atoms with E-state index in [0.29, 0.717) is 0 Å². The van der Waals surface area contributed by atoms with Gasteiger partial charge >= 0.3 is 9.36 Å². The summed E-state index contributed by atoms with van der Waals surface area (Å²) < 4.78 is 10.7. The summed E-state index contributed by atoms with van der Waals surface area (Å²) in [5.41, 5.74) is 0. The molecule has 6 heteroatoms. The van der Waals surface area contributed by atoms with E-state index in [0.717, 1.165) is 0 Å². The summed E-state index contributed by atoms with van der Waals surface area (Å²) in [6.45, 7) is 0. The first-order valence-electron chi connectivity index (χ1n) is 2.02. The van der Waals surface area contributed by atoms with Crippen LogP contribution in [0.3, 0.4) is 0 Å². The van der Waals surface area contributed by atoms with Crippen molar-refractivity contribution in [1.29, 1.82) is 0 Å². The van der Waals surface area contributed by atoms with Crippen molar-refractivity contribution in [3.05, 3.63) is 0 Å².